The zero-order chi connectivity index (χ0) is 19.4. The standard InChI is InChI=1S/C23H24N2OS/c1-16-5-10-18(11-6-16)20-15-27-22(24-20)25-21(26)14-9-17-7-12-19(13-8-17)23(2,3)4/h5-15H,1-4H3,(H,24,25,26). The van der Waals surface area contributed by atoms with Gasteiger partial charge in [0.2, 0.25) is 5.91 Å². The Morgan fingerprint density at radius 2 is 1.70 bits per heavy atom. The molecule has 27 heavy (non-hydrogen) atoms. The van der Waals surface area contributed by atoms with Crippen molar-refractivity contribution in [3.05, 3.63) is 76.7 Å². The molecule has 0 aliphatic heterocycles. The fourth-order valence-electron chi connectivity index (χ4n) is 2.60. The Hall–Kier alpha value is -2.72. The molecular weight excluding hydrogens is 352 g/mol. The number of amides is 1. The average molecular weight is 377 g/mol. The van der Waals surface area contributed by atoms with E-state index in [4.69, 9.17) is 0 Å². The predicted octanol–water partition coefficient (Wildman–Crippen LogP) is 6.07. The monoisotopic (exact) mass is 376 g/mol. The number of aryl methyl sites for hydroxylation is 1. The van der Waals surface area contributed by atoms with Gasteiger partial charge in [-0.2, -0.15) is 0 Å². The van der Waals surface area contributed by atoms with Gasteiger partial charge in [0.05, 0.1) is 5.69 Å². The van der Waals surface area contributed by atoms with E-state index in [-0.39, 0.29) is 11.3 Å². The fourth-order valence-corrected chi connectivity index (χ4v) is 3.32. The van der Waals surface area contributed by atoms with Crippen molar-refractivity contribution in [1.82, 2.24) is 4.98 Å². The number of nitrogens with zero attached hydrogens (tertiary/aromatic N) is 1. The summed E-state index contributed by atoms with van der Waals surface area (Å²) in [5.74, 6) is -0.181. The number of hydrogen-bond donors (Lipinski definition) is 1. The first-order chi connectivity index (χ1) is 12.8. The van der Waals surface area contributed by atoms with Gasteiger partial charge in [0.15, 0.2) is 5.13 Å². The molecule has 2 aromatic carbocycles. The molecule has 0 unspecified atom stereocenters. The number of anilines is 1. The van der Waals surface area contributed by atoms with E-state index < -0.39 is 0 Å². The van der Waals surface area contributed by atoms with Crippen molar-refractivity contribution in [2.24, 2.45) is 0 Å². The Morgan fingerprint density at radius 3 is 2.33 bits per heavy atom. The van der Waals surface area contributed by atoms with E-state index in [2.05, 4.69) is 62.3 Å². The number of hydrogen-bond acceptors (Lipinski definition) is 3. The number of thiazole rings is 1. The number of carbonyl (C=O) groups excluding carboxylic acids is 1. The van der Waals surface area contributed by atoms with E-state index >= 15 is 0 Å². The summed E-state index contributed by atoms with van der Waals surface area (Å²) in [4.78, 5) is 16.7. The molecule has 138 valence electrons. The highest BCUT2D eigenvalue weighted by Gasteiger charge is 2.12. The van der Waals surface area contributed by atoms with Gasteiger partial charge in [0.1, 0.15) is 0 Å². The second kappa shape index (κ2) is 7.89. The summed E-state index contributed by atoms with van der Waals surface area (Å²) >= 11 is 1.43. The van der Waals surface area contributed by atoms with Gasteiger partial charge in [0.25, 0.3) is 0 Å². The van der Waals surface area contributed by atoms with Gasteiger partial charge < -0.3 is 0 Å². The third kappa shape index (κ3) is 5.14. The highest BCUT2D eigenvalue weighted by atomic mass is 32.1. The lowest BCUT2D eigenvalue weighted by Crippen LogP contribution is -2.10. The molecule has 0 aliphatic rings. The molecule has 1 N–H and O–H groups in total. The first-order valence-electron chi connectivity index (χ1n) is 8.93. The highest BCUT2D eigenvalue weighted by Crippen LogP contribution is 2.25. The van der Waals surface area contributed by atoms with Crippen molar-refractivity contribution in [3.63, 3.8) is 0 Å². The maximum atomic E-state index is 12.2. The van der Waals surface area contributed by atoms with Gasteiger partial charge in [0, 0.05) is 17.0 Å². The molecule has 1 amide bonds. The van der Waals surface area contributed by atoms with Crippen LogP contribution in [-0.4, -0.2) is 10.9 Å². The molecule has 0 saturated carbocycles. The fraction of sp³-hybridized carbons (Fsp3) is 0.217. The molecule has 0 radical (unpaired) electrons. The molecule has 0 spiro atoms. The van der Waals surface area contributed by atoms with Gasteiger partial charge >= 0.3 is 0 Å². The maximum absolute atomic E-state index is 12.2. The molecule has 3 nitrogen and oxygen atoms in total. The smallest absolute Gasteiger partial charge is 0.250 e. The van der Waals surface area contributed by atoms with Gasteiger partial charge in [-0.05, 0) is 29.5 Å². The minimum atomic E-state index is -0.181. The van der Waals surface area contributed by atoms with Crippen molar-refractivity contribution in [2.75, 3.05) is 5.32 Å². The summed E-state index contributed by atoms with van der Waals surface area (Å²) in [6.45, 7) is 8.61. The maximum Gasteiger partial charge on any atom is 0.250 e. The van der Waals surface area contributed by atoms with Crippen LogP contribution in [-0.2, 0) is 10.2 Å². The Bertz CT molecular complexity index is 945. The number of carbonyl (C=O) groups is 1. The van der Waals surface area contributed by atoms with E-state index in [0.717, 1.165) is 16.8 Å². The van der Waals surface area contributed by atoms with Crippen molar-refractivity contribution in [3.8, 4) is 11.3 Å². The number of nitrogens with one attached hydrogen (secondary N) is 1. The number of rotatable bonds is 4. The number of benzene rings is 2. The molecule has 0 bridgehead atoms. The molecule has 3 rings (SSSR count). The van der Waals surface area contributed by atoms with Crippen LogP contribution in [0.25, 0.3) is 17.3 Å². The summed E-state index contributed by atoms with van der Waals surface area (Å²) in [6, 6.07) is 16.5. The Kier molecular flexibility index (Phi) is 5.57. The summed E-state index contributed by atoms with van der Waals surface area (Å²) in [5.41, 5.74) is 5.53. The SMILES string of the molecule is Cc1ccc(-c2csc(NC(=O)C=Cc3ccc(C(C)(C)C)cc3)n2)cc1. The lowest BCUT2D eigenvalue weighted by atomic mass is 9.87. The number of aromatic nitrogens is 1. The Balaban J connectivity index is 1.62. The van der Waals surface area contributed by atoms with Gasteiger partial charge in [-0.3, -0.25) is 10.1 Å². The second-order valence-corrected chi connectivity index (χ2v) is 8.46. The van der Waals surface area contributed by atoms with Crippen LogP contribution in [0.2, 0.25) is 0 Å². The van der Waals surface area contributed by atoms with Gasteiger partial charge in [-0.1, -0.05) is 74.9 Å². The zero-order valence-electron chi connectivity index (χ0n) is 16.1. The average Bonchev–Trinajstić information content (AvgIpc) is 3.08. The van der Waals surface area contributed by atoms with Crippen LogP contribution >= 0.6 is 11.3 Å². The third-order valence-corrected chi connectivity index (χ3v) is 5.04. The largest absolute Gasteiger partial charge is 0.298 e. The second-order valence-electron chi connectivity index (χ2n) is 7.60. The molecule has 0 aliphatic carbocycles. The van der Waals surface area contributed by atoms with Crippen molar-refractivity contribution in [1.29, 1.82) is 0 Å². The zero-order valence-corrected chi connectivity index (χ0v) is 16.9. The van der Waals surface area contributed by atoms with E-state index in [1.54, 1.807) is 6.08 Å². The van der Waals surface area contributed by atoms with Crippen LogP contribution in [0.4, 0.5) is 5.13 Å². The van der Waals surface area contributed by atoms with Crippen molar-refractivity contribution >= 4 is 28.5 Å². The lowest BCUT2D eigenvalue weighted by molar-refractivity contribution is -0.111. The van der Waals surface area contributed by atoms with Crippen LogP contribution < -0.4 is 5.32 Å². The van der Waals surface area contributed by atoms with Crippen LogP contribution in [0.3, 0.4) is 0 Å². The van der Waals surface area contributed by atoms with Crippen LogP contribution in [0.1, 0.15) is 37.5 Å². The molecule has 1 aromatic heterocycles. The van der Waals surface area contributed by atoms with Gasteiger partial charge in [-0.15, -0.1) is 11.3 Å². The molecule has 3 aromatic rings. The Morgan fingerprint density at radius 1 is 1.04 bits per heavy atom. The van der Waals surface area contributed by atoms with Gasteiger partial charge in [-0.25, -0.2) is 4.98 Å². The van der Waals surface area contributed by atoms with Crippen molar-refractivity contribution < 1.29 is 4.79 Å². The van der Waals surface area contributed by atoms with E-state index in [1.807, 2.05) is 35.7 Å². The predicted molar refractivity (Wildman–Crippen MR) is 115 cm³/mol. The first-order valence-corrected chi connectivity index (χ1v) is 9.81. The topological polar surface area (TPSA) is 42.0 Å². The summed E-state index contributed by atoms with van der Waals surface area (Å²) < 4.78 is 0. The molecule has 4 heteroatoms. The molecule has 1 heterocycles. The molecule has 0 fully saturated rings. The highest BCUT2D eigenvalue weighted by molar-refractivity contribution is 7.14. The van der Waals surface area contributed by atoms with Crippen LogP contribution in [0.15, 0.2) is 60.0 Å². The third-order valence-electron chi connectivity index (χ3n) is 4.29. The molecule has 0 saturated heterocycles. The molecule has 0 atom stereocenters. The molecular formula is C23H24N2OS. The minimum Gasteiger partial charge on any atom is -0.298 e. The van der Waals surface area contributed by atoms with E-state index in [1.165, 1.54) is 22.5 Å². The summed E-state index contributed by atoms with van der Waals surface area (Å²) in [5, 5.41) is 5.38. The minimum absolute atomic E-state index is 0.125. The Labute approximate surface area is 164 Å². The normalized spacial score (nSPS) is 11.7. The van der Waals surface area contributed by atoms with E-state index in [9.17, 15) is 4.79 Å². The lowest BCUT2D eigenvalue weighted by Gasteiger charge is -2.18. The summed E-state index contributed by atoms with van der Waals surface area (Å²) in [6.07, 6.45) is 3.36. The van der Waals surface area contributed by atoms with Crippen LogP contribution in [0, 0.1) is 6.92 Å². The van der Waals surface area contributed by atoms with Crippen LogP contribution in [0.5, 0.6) is 0 Å². The summed E-state index contributed by atoms with van der Waals surface area (Å²) in [7, 11) is 0. The first kappa shape index (κ1) is 19.1. The van der Waals surface area contributed by atoms with E-state index in [0.29, 0.717) is 5.13 Å². The van der Waals surface area contributed by atoms with Crippen molar-refractivity contribution in [2.45, 2.75) is 33.1 Å². The quantitative estimate of drug-likeness (QED) is 0.562.